The number of nitrogens with one attached hydrogen (secondary N) is 1. The Labute approximate surface area is 67.0 Å². The molecule has 0 amide bonds. The highest BCUT2D eigenvalue weighted by atomic mass is 79.9. The Bertz CT molecular complexity index is 110. The third-order valence-corrected chi connectivity index (χ3v) is 3.02. The van der Waals surface area contributed by atoms with Crippen molar-refractivity contribution in [3.8, 4) is 0 Å². The maximum absolute atomic E-state index is 3.38. The predicted octanol–water partition coefficient (Wildman–Crippen LogP) is 1.44. The van der Waals surface area contributed by atoms with Gasteiger partial charge in [0.15, 0.2) is 0 Å². The number of hydrogen-bond acceptors (Lipinski definition) is 1. The van der Waals surface area contributed by atoms with Gasteiger partial charge in [-0.15, -0.1) is 17.0 Å². The van der Waals surface area contributed by atoms with Crippen LogP contribution in [0.3, 0.4) is 0 Å². The van der Waals surface area contributed by atoms with E-state index in [9.17, 15) is 0 Å². The van der Waals surface area contributed by atoms with Crippen LogP contribution in [0.4, 0.5) is 0 Å². The Morgan fingerprint density at radius 3 is 1.89 bits per heavy atom. The van der Waals surface area contributed by atoms with Crippen LogP contribution in [0.5, 0.6) is 0 Å². The third-order valence-electron chi connectivity index (χ3n) is 3.02. The molecule has 2 aliphatic rings. The minimum Gasteiger partial charge on any atom is -0.316 e. The fourth-order valence-corrected chi connectivity index (χ4v) is 2.06. The largest absolute Gasteiger partial charge is 0.316 e. The number of piperidine rings is 1. The molecular weight excluding hydrogens is 178 g/mol. The van der Waals surface area contributed by atoms with Crippen LogP contribution in [0.1, 0.15) is 13.8 Å². The number of rotatable bonds is 0. The first kappa shape index (κ1) is 7.55. The summed E-state index contributed by atoms with van der Waals surface area (Å²) in [5.41, 5.74) is 0.700. The molecule has 2 atom stereocenters. The minimum absolute atomic E-state index is 0. The predicted molar refractivity (Wildman–Crippen MR) is 44.0 cm³/mol. The van der Waals surface area contributed by atoms with E-state index < -0.39 is 0 Å². The van der Waals surface area contributed by atoms with Crippen molar-refractivity contribution in [1.82, 2.24) is 5.32 Å². The Morgan fingerprint density at radius 2 is 1.67 bits per heavy atom. The molecule has 1 heterocycles. The monoisotopic (exact) mass is 191 g/mol. The molecule has 2 rings (SSSR count). The lowest BCUT2D eigenvalue weighted by atomic mass is 10.1. The Morgan fingerprint density at radius 1 is 1.22 bits per heavy atom. The molecule has 0 bridgehead atoms. The first-order valence-electron chi connectivity index (χ1n) is 3.43. The second-order valence-electron chi connectivity index (χ2n) is 3.69. The second kappa shape index (κ2) is 1.96. The van der Waals surface area contributed by atoms with Gasteiger partial charge in [-0.1, -0.05) is 13.8 Å². The van der Waals surface area contributed by atoms with E-state index in [1.165, 1.54) is 13.1 Å². The zero-order chi connectivity index (χ0) is 5.78. The quantitative estimate of drug-likeness (QED) is 0.612. The summed E-state index contributed by atoms with van der Waals surface area (Å²) in [5, 5.41) is 3.38. The molecule has 0 radical (unpaired) electrons. The van der Waals surface area contributed by atoms with Crippen LogP contribution in [-0.2, 0) is 0 Å². The van der Waals surface area contributed by atoms with Crippen LogP contribution in [0.2, 0.25) is 0 Å². The molecule has 0 aromatic carbocycles. The van der Waals surface area contributed by atoms with Gasteiger partial charge in [-0.25, -0.2) is 0 Å². The molecule has 1 saturated carbocycles. The topological polar surface area (TPSA) is 12.0 Å². The molecule has 2 fully saturated rings. The molecular formula is C7H14BrN. The molecule has 1 aliphatic carbocycles. The van der Waals surface area contributed by atoms with Crippen molar-refractivity contribution in [1.29, 1.82) is 0 Å². The fourth-order valence-electron chi connectivity index (χ4n) is 2.06. The molecule has 1 nitrogen and oxygen atoms in total. The standard InChI is InChI=1S/C7H13N.BrH/c1-7(2)5-3-8-4-6(5)7;/h5-6,8H,3-4H2,1-2H3;1H/t5-,6+;. The SMILES string of the molecule is Br.CC1(C)[C@@H]2CNC[C@@H]21. The van der Waals surface area contributed by atoms with E-state index in [2.05, 4.69) is 19.2 Å². The average Bonchev–Trinajstić information content (AvgIpc) is 2.22. The molecule has 0 spiro atoms. The minimum atomic E-state index is 0. The summed E-state index contributed by atoms with van der Waals surface area (Å²) in [7, 11) is 0. The summed E-state index contributed by atoms with van der Waals surface area (Å²) in [6.45, 7) is 7.31. The summed E-state index contributed by atoms with van der Waals surface area (Å²) < 4.78 is 0. The summed E-state index contributed by atoms with van der Waals surface area (Å²) in [4.78, 5) is 0. The zero-order valence-electron chi connectivity index (χ0n) is 5.98. The Hall–Kier alpha value is 0.440. The van der Waals surface area contributed by atoms with Gasteiger partial charge in [-0.3, -0.25) is 0 Å². The van der Waals surface area contributed by atoms with E-state index in [1.54, 1.807) is 0 Å². The van der Waals surface area contributed by atoms with Gasteiger partial charge in [0.1, 0.15) is 0 Å². The maximum Gasteiger partial charge on any atom is -0.00118 e. The number of fused-ring (bicyclic) bond motifs is 1. The highest BCUT2D eigenvalue weighted by molar-refractivity contribution is 8.93. The molecule has 1 N–H and O–H groups in total. The van der Waals surface area contributed by atoms with Crippen molar-refractivity contribution in [2.75, 3.05) is 13.1 Å². The Balaban J connectivity index is 0.000000405. The molecule has 54 valence electrons. The lowest BCUT2D eigenvalue weighted by Gasteiger charge is -2.06. The van der Waals surface area contributed by atoms with Crippen LogP contribution in [0, 0.1) is 17.3 Å². The van der Waals surface area contributed by atoms with Gasteiger partial charge < -0.3 is 5.32 Å². The van der Waals surface area contributed by atoms with Gasteiger partial charge in [0.05, 0.1) is 0 Å². The molecule has 1 saturated heterocycles. The van der Waals surface area contributed by atoms with Crippen molar-refractivity contribution < 1.29 is 0 Å². The first-order valence-corrected chi connectivity index (χ1v) is 3.43. The van der Waals surface area contributed by atoms with Gasteiger partial charge in [-0.05, 0) is 30.3 Å². The lowest BCUT2D eigenvalue weighted by Crippen LogP contribution is -2.17. The van der Waals surface area contributed by atoms with E-state index >= 15 is 0 Å². The number of halogens is 1. The fraction of sp³-hybridized carbons (Fsp3) is 1.00. The van der Waals surface area contributed by atoms with Crippen LogP contribution >= 0.6 is 17.0 Å². The smallest absolute Gasteiger partial charge is 0.00118 e. The van der Waals surface area contributed by atoms with E-state index in [0.717, 1.165) is 11.8 Å². The van der Waals surface area contributed by atoms with E-state index in [4.69, 9.17) is 0 Å². The van der Waals surface area contributed by atoms with Gasteiger partial charge in [0, 0.05) is 0 Å². The van der Waals surface area contributed by atoms with Crippen molar-refractivity contribution in [3.63, 3.8) is 0 Å². The normalized spacial score (nSPS) is 43.3. The van der Waals surface area contributed by atoms with Crippen molar-refractivity contribution >= 4 is 17.0 Å². The van der Waals surface area contributed by atoms with Crippen molar-refractivity contribution in [2.45, 2.75) is 13.8 Å². The summed E-state index contributed by atoms with van der Waals surface area (Å²) in [5.74, 6) is 2.03. The molecule has 0 aromatic rings. The average molecular weight is 192 g/mol. The van der Waals surface area contributed by atoms with Crippen LogP contribution in [0.15, 0.2) is 0 Å². The van der Waals surface area contributed by atoms with Crippen molar-refractivity contribution in [3.05, 3.63) is 0 Å². The van der Waals surface area contributed by atoms with Crippen molar-refractivity contribution in [2.24, 2.45) is 17.3 Å². The van der Waals surface area contributed by atoms with Crippen LogP contribution < -0.4 is 5.32 Å². The summed E-state index contributed by atoms with van der Waals surface area (Å²) >= 11 is 0. The van der Waals surface area contributed by atoms with Crippen LogP contribution in [0.25, 0.3) is 0 Å². The van der Waals surface area contributed by atoms with E-state index in [1.807, 2.05) is 0 Å². The summed E-state index contributed by atoms with van der Waals surface area (Å²) in [6.07, 6.45) is 0. The molecule has 9 heavy (non-hydrogen) atoms. The molecule has 0 aromatic heterocycles. The van der Waals surface area contributed by atoms with E-state index in [0.29, 0.717) is 5.41 Å². The first-order chi connectivity index (χ1) is 3.73. The Kier molecular flexibility index (Phi) is 1.64. The molecule has 0 unspecified atom stereocenters. The maximum atomic E-state index is 3.38. The van der Waals surface area contributed by atoms with Gasteiger partial charge in [-0.2, -0.15) is 0 Å². The zero-order valence-corrected chi connectivity index (χ0v) is 7.69. The lowest BCUT2D eigenvalue weighted by molar-refractivity contribution is 0.475. The molecule has 2 heteroatoms. The van der Waals surface area contributed by atoms with Gasteiger partial charge in [0.25, 0.3) is 0 Å². The number of hydrogen-bond donors (Lipinski definition) is 1. The van der Waals surface area contributed by atoms with Crippen LogP contribution in [-0.4, -0.2) is 13.1 Å². The summed E-state index contributed by atoms with van der Waals surface area (Å²) in [6, 6.07) is 0. The van der Waals surface area contributed by atoms with E-state index in [-0.39, 0.29) is 17.0 Å². The highest BCUT2D eigenvalue weighted by Gasteiger charge is 2.59. The third kappa shape index (κ3) is 0.838. The van der Waals surface area contributed by atoms with Gasteiger partial charge in [0.2, 0.25) is 0 Å². The second-order valence-corrected chi connectivity index (χ2v) is 3.69. The highest BCUT2D eigenvalue weighted by Crippen LogP contribution is 2.59. The molecule has 1 aliphatic heterocycles. The van der Waals surface area contributed by atoms with Gasteiger partial charge >= 0.3 is 0 Å².